The Morgan fingerprint density at radius 2 is 1.95 bits per heavy atom. The lowest BCUT2D eigenvalue weighted by Crippen LogP contribution is -2.03. The van der Waals surface area contributed by atoms with Crippen molar-refractivity contribution in [1.82, 2.24) is 0 Å². The summed E-state index contributed by atoms with van der Waals surface area (Å²) >= 11 is 1.08. The minimum atomic E-state index is -0.905. The van der Waals surface area contributed by atoms with Crippen LogP contribution in [0.3, 0.4) is 0 Å². The van der Waals surface area contributed by atoms with Crippen molar-refractivity contribution in [2.45, 2.75) is 6.42 Å². The molecule has 0 aliphatic rings. The molecule has 0 fully saturated rings. The van der Waals surface area contributed by atoms with E-state index in [-0.39, 0.29) is 16.9 Å². The van der Waals surface area contributed by atoms with Crippen LogP contribution in [-0.2, 0) is 16.0 Å². The number of hydrogen-bond donors (Lipinski definition) is 0. The number of benzene rings is 1. The van der Waals surface area contributed by atoms with Gasteiger partial charge in [-0.2, -0.15) is 0 Å². The zero-order valence-electron chi connectivity index (χ0n) is 10.5. The van der Waals surface area contributed by atoms with Gasteiger partial charge < -0.3 is 4.74 Å². The second kappa shape index (κ2) is 5.92. The Hall–Kier alpha value is -2.08. The van der Waals surface area contributed by atoms with Crippen LogP contribution in [0.25, 0.3) is 0 Å². The van der Waals surface area contributed by atoms with Gasteiger partial charge in [-0.15, -0.1) is 11.3 Å². The summed E-state index contributed by atoms with van der Waals surface area (Å²) in [5, 5.41) is 0. The van der Waals surface area contributed by atoms with E-state index in [0.717, 1.165) is 23.5 Å². The molecule has 2 aromatic rings. The zero-order chi connectivity index (χ0) is 14.7. The third-order valence-corrected chi connectivity index (χ3v) is 3.69. The zero-order valence-corrected chi connectivity index (χ0v) is 11.3. The van der Waals surface area contributed by atoms with Gasteiger partial charge in [-0.3, -0.25) is 9.59 Å². The maximum Gasteiger partial charge on any atom is 0.310 e. The molecule has 6 heteroatoms. The molecular formula is C14H10F2O3S. The molecule has 104 valence electrons. The van der Waals surface area contributed by atoms with E-state index in [9.17, 15) is 18.4 Å². The molecule has 0 saturated carbocycles. The minimum absolute atomic E-state index is 0.0559. The SMILES string of the molecule is COC(=O)Cc1ccc(C(=O)c2ccc(F)cc2F)s1. The number of ether oxygens (including phenoxy) is 1. The van der Waals surface area contributed by atoms with Gasteiger partial charge >= 0.3 is 5.97 Å². The summed E-state index contributed by atoms with van der Waals surface area (Å²) in [6, 6.07) is 5.91. The summed E-state index contributed by atoms with van der Waals surface area (Å²) in [4.78, 5) is 24.1. The highest BCUT2D eigenvalue weighted by atomic mass is 32.1. The summed E-state index contributed by atoms with van der Waals surface area (Å²) in [5.74, 6) is -2.60. The normalized spacial score (nSPS) is 10.3. The Balaban J connectivity index is 2.23. The summed E-state index contributed by atoms with van der Waals surface area (Å²) in [5.41, 5.74) is -0.196. The van der Waals surface area contributed by atoms with E-state index in [4.69, 9.17) is 0 Å². The van der Waals surface area contributed by atoms with Crippen LogP contribution in [0.15, 0.2) is 30.3 Å². The van der Waals surface area contributed by atoms with E-state index in [1.165, 1.54) is 13.2 Å². The van der Waals surface area contributed by atoms with Gasteiger partial charge in [-0.25, -0.2) is 8.78 Å². The summed E-state index contributed by atoms with van der Waals surface area (Å²) in [6.45, 7) is 0. The maximum absolute atomic E-state index is 13.5. The van der Waals surface area contributed by atoms with Crippen LogP contribution in [0.5, 0.6) is 0 Å². The lowest BCUT2D eigenvalue weighted by atomic mass is 10.1. The number of ketones is 1. The van der Waals surface area contributed by atoms with Gasteiger partial charge in [-0.05, 0) is 24.3 Å². The van der Waals surface area contributed by atoms with Crippen molar-refractivity contribution in [3.05, 3.63) is 57.3 Å². The van der Waals surface area contributed by atoms with Crippen molar-refractivity contribution in [1.29, 1.82) is 0 Å². The molecule has 0 spiro atoms. The van der Waals surface area contributed by atoms with Crippen LogP contribution in [0.4, 0.5) is 8.78 Å². The molecular weight excluding hydrogens is 286 g/mol. The first-order valence-electron chi connectivity index (χ1n) is 5.66. The third-order valence-electron chi connectivity index (χ3n) is 2.61. The molecule has 0 radical (unpaired) electrons. The van der Waals surface area contributed by atoms with Gasteiger partial charge in [0.15, 0.2) is 0 Å². The average Bonchev–Trinajstić information content (AvgIpc) is 2.86. The van der Waals surface area contributed by atoms with Gasteiger partial charge in [0.05, 0.1) is 24.0 Å². The average molecular weight is 296 g/mol. The predicted molar refractivity (Wildman–Crippen MR) is 69.8 cm³/mol. The van der Waals surface area contributed by atoms with Crippen LogP contribution >= 0.6 is 11.3 Å². The summed E-state index contributed by atoms with van der Waals surface area (Å²) in [6.07, 6.45) is 0.0559. The molecule has 20 heavy (non-hydrogen) atoms. The van der Waals surface area contributed by atoms with E-state index in [2.05, 4.69) is 4.74 Å². The van der Waals surface area contributed by atoms with Crippen molar-refractivity contribution in [3.63, 3.8) is 0 Å². The summed E-state index contributed by atoms with van der Waals surface area (Å²) < 4.78 is 30.8. The molecule has 2 rings (SSSR count). The second-order valence-corrected chi connectivity index (χ2v) is 5.14. The molecule has 0 aliphatic carbocycles. The molecule has 1 heterocycles. The molecule has 0 bridgehead atoms. The largest absolute Gasteiger partial charge is 0.469 e. The first kappa shape index (κ1) is 14.3. The van der Waals surface area contributed by atoms with Crippen LogP contribution < -0.4 is 0 Å². The van der Waals surface area contributed by atoms with Gasteiger partial charge in [0.2, 0.25) is 5.78 Å². The number of rotatable bonds is 4. The van der Waals surface area contributed by atoms with Gasteiger partial charge in [0, 0.05) is 10.9 Å². The lowest BCUT2D eigenvalue weighted by Gasteiger charge is -2.00. The van der Waals surface area contributed by atoms with Gasteiger partial charge in [-0.1, -0.05) is 0 Å². The first-order chi connectivity index (χ1) is 9.51. The van der Waals surface area contributed by atoms with E-state index < -0.39 is 23.4 Å². The van der Waals surface area contributed by atoms with Crippen molar-refractivity contribution in [3.8, 4) is 0 Å². The Bertz CT molecular complexity index is 664. The molecule has 0 saturated heterocycles. The van der Waals surface area contributed by atoms with E-state index in [0.29, 0.717) is 10.9 Å². The number of carbonyl (C=O) groups excluding carboxylic acids is 2. The Morgan fingerprint density at radius 3 is 2.60 bits per heavy atom. The highest BCUT2D eigenvalue weighted by Gasteiger charge is 2.17. The molecule has 0 atom stereocenters. The fraction of sp³-hybridized carbons (Fsp3) is 0.143. The number of hydrogen-bond acceptors (Lipinski definition) is 4. The van der Waals surface area contributed by atoms with Crippen LogP contribution in [0, 0.1) is 11.6 Å². The predicted octanol–water partition coefficient (Wildman–Crippen LogP) is 2.97. The van der Waals surface area contributed by atoms with Crippen LogP contribution in [0.2, 0.25) is 0 Å². The van der Waals surface area contributed by atoms with Crippen molar-refractivity contribution < 1.29 is 23.1 Å². The highest BCUT2D eigenvalue weighted by molar-refractivity contribution is 7.14. The monoisotopic (exact) mass is 296 g/mol. The molecule has 0 amide bonds. The standard InChI is InChI=1S/C14H10F2O3S/c1-19-13(17)7-9-3-5-12(20-9)14(18)10-4-2-8(15)6-11(10)16/h2-6H,7H2,1H3. The van der Waals surface area contributed by atoms with Crippen molar-refractivity contribution in [2.75, 3.05) is 7.11 Å². The van der Waals surface area contributed by atoms with E-state index >= 15 is 0 Å². The number of carbonyl (C=O) groups is 2. The Morgan fingerprint density at radius 1 is 1.20 bits per heavy atom. The van der Waals surface area contributed by atoms with Crippen molar-refractivity contribution >= 4 is 23.1 Å². The fourth-order valence-corrected chi connectivity index (χ4v) is 2.56. The molecule has 0 N–H and O–H groups in total. The third kappa shape index (κ3) is 3.08. The van der Waals surface area contributed by atoms with Crippen molar-refractivity contribution in [2.24, 2.45) is 0 Å². The van der Waals surface area contributed by atoms with Crippen LogP contribution in [-0.4, -0.2) is 18.9 Å². The maximum atomic E-state index is 13.5. The van der Waals surface area contributed by atoms with E-state index in [1.54, 1.807) is 6.07 Å². The Labute approximate surface area is 117 Å². The quantitative estimate of drug-likeness (QED) is 0.643. The van der Waals surface area contributed by atoms with Gasteiger partial charge in [0.1, 0.15) is 11.6 Å². The lowest BCUT2D eigenvalue weighted by molar-refractivity contribution is -0.139. The fourth-order valence-electron chi connectivity index (χ4n) is 1.62. The first-order valence-corrected chi connectivity index (χ1v) is 6.48. The molecule has 0 unspecified atom stereocenters. The van der Waals surface area contributed by atoms with Crippen LogP contribution in [0.1, 0.15) is 20.1 Å². The molecule has 0 aliphatic heterocycles. The number of methoxy groups -OCH3 is 1. The Kier molecular flexibility index (Phi) is 4.24. The number of esters is 1. The molecule has 1 aromatic heterocycles. The van der Waals surface area contributed by atoms with E-state index in [1.807, 2.05) is 0 Å². The topological polar surface area (TPSA) is 43.4 Å². The highest BCUT2D eigenvalue weighted by Crippen LogP contribution is 2.22. The molecule has 3 nitrogen and oxygen atoms in total. The molecule has 1 aromatic carbocycles. The number of halogens is 2. The second-order valence-electron chi connectivity index (χ2n) is 3.97. The minimum Gasteiger partial charge on any atom is -0.469 e. The summed E-state index contributed by atoms with van der Waals surface area (Å²) in [7, 11) is 1.27. The van der Waals surface area contributed by atoms with Gasteiger partial charge in [0.25, 0.3) is 0 Å². The number of thiophene rings is 1. The smallest absolute Gasteiger partial charge is 0.310 e.